The van der Waals surface area contributed by atoms with E-state index in [1.807, 2.05) is 0 Å². The van der Waals surface area contributed by atoms with E-state index in [1.165, 1.54) is 19.2 Å². The van der Waals surface area contributed by atoms with Crippen LogP contribution in [0.3, 0.4) is 0 Å². The Balaban J connectivity index is 3.08. The smallest absolute Gasteiger partial charge is 0.306 e. The van der Waals surface area contributed by atoms with Gasteiger partial charge in [0.1, 0.15) is 11.9 Å². The summed E-state index contributed by atoms with van der Waals surface area (Å²) in [5.41, 5.74) is -0.147. The number of hydrogen-bond acceptors (Lipinski definition) is 1. The third-order valence-corrected chi connectivity index (χ3v) is 2.54. The zero-order valence-corrected chi connectivity index (χ0v) is 9.29. The van der Waals surface area contributed by atoms with Gasteiger partial charge >= 0.3 is 6.18 Å². The summed E-state index contributed by atoms with van der Waals surface area (Å²) in [5, 5.41) is 2.10. The van der Waals surface area contributed by atoms with Gasteiger partial charge < -0.3 is 5.32 Å². The molecular formula is C9H8BrF4N. The minimum absolute atomic E-state index is 0.142. The van der Waals surface area contributed by atoms with E-state index in [4.69, 9.17) is 0 Å². The first-order valence-corrected chi connectivity index (χ1v) is 4.84. The minimum Gasteiger partial charge on any atom is -0.306 e. The molecular weight excluding hydrogens is 278 g/mol. The predicted octanol–water partition coefficient (Wildman–Crippen LogP) is 3.41. The van der Waals surface area contributed by atoms with Gasteiger partial charge in [-0.15, -0.1) is 0 Å². The standard InChI is InChI=1S/C9H8BrF4N/c1-15-8(9(12,13)14)5-2-3-6(10)7(11)4-5/h2-4,8,15H,1H3/t8-/m0/s1. The van der Waals surface area contributed by atoms with Gasteiger partial charge in [-0.2, -0.15) is 13.2 Å². The first-order valence-electron chi connectivity index (χ1n) is 4.05. The van der Waals surface area contributed by atoms with Gasteiger partial charge in [0.25, 0.3) is 0 Å². The van der Waals surface area contributed by atoms with E-state index in [-0.39, 0.29) is 10.0 Å². The molecule has 0 fully saturated rings. The Labute approximate surface area is 92.6 Å². The highest BCUT2D eigenvalue weighted by Crippen LogP contribution is 2.33. The van der Waals surface area contributed by atoms with Crippen LogP contribution in [0, 0.1) is 5.82 Å². The van der Waals surface area contributed by atoms with Crippen LogP contribution < -0.4 is 5.32 Å². The Morgan fingerprint density at radius 1 is 1.33 bits per heavy atom. The lowest BCUT2D eigenvalue weighted by Crippen LogP contribution is -2.31. The Kier molecular flexibility index (Phi) is 3.72. The maximum Gasteiger partial charge on any atom is 0.407 e. The van der Waals surface area contributed by atoms with Crippen molar-refractivity contribution >= 4 is 15.9 Å². The number of halogens is 5. The van der Waals surface area contributed by atoms with Crippen LogP contribution in [-0.2, 0) is 0 Å². The molecule has 15 heavy (non-hydrogen) atoms. The van der Waals surface area contributed by atoms with Crippen molar-refractivity contribution < 1.29 is 17.6 Å². The van der Waals surface area contributed by atoms with Crippen molar-refractivity contribution in [3.63, 3.8) is 0 Å². The lowest BCUT2D eigenvalue weighted by Gasteiger charge is -2.20. The van der Waals surface area contributed by atoms with Crippen molar-refractivity contribution in [2.75, 3.05) is 7.05 Å². The number of alkyl halides is 3. The summed E-state index contributed by atoms with van der Waals surface area (Å²) in [6.07, 6.45) is -4.44. The Bertz CT molecular complexity index is 350. The molecule has 84 valence electrons. The molecule has 0 radical (unpaired) electrons. The molecule has 0 aliphatic carbocycles. The number of nitrogens with one attached hydrogen (secondary N) is 1. The lowest BCUT2D eigenvalue weighted by atomic mass is 10.1. The minimum atomic E-state index is -4.44. The molecule has 0 aromatic heterocycles. The molecule has 0 heterocycles. The molecule has 1 nitrogen and oxygen atoms in total. The summed E-state index contributed by atoms with van der Waals surface area (Å²) < 4.78 is 50.5. The summed E-state index contributed by atoms with van der Waals surface area (Å²) in [7, 11) is 1.18. The Morgan fingerprint density at radius 3 is 2.33 bits per heavy atom. The fourth-order valence-electron chi connectivity index (χ4n) is 1.21. The van der Waals surface area contributed by atoms with E-state index in [0.717, 1.165) is 6.07 Å². The molecule has 0 aliphatic heterocycles. The normalized spacial score (nSPS) is 14.0. The van der Waals surface area contributed by atoms with Crippen molar-refractivity contribution in [1.82, 2.24) is 5.32 Å². The van der Waals surface area contributed by atoms with Crippen LogP contribution >= 0.6 is 15.9 Å². The van der Waals surface area contributed by atoms with Gasteiger partial charge in [-0.3, -0.25) is 0 Å². The second-order valence-electron chi connectivity index (χ2n) is 2.94. The summed E-state index contributed by atoms with van der Waals surface area (Å²) in [6.45, 7) is 0. The average Bonchev–Trinajstić information content (AvgIpc) is 2.10. The van der Waals surface area contributed by atoms with Gasteiger partial charge in [0.15, 0.2) is 0 Å². The molecule has 1 atom stereocenters. The van der Waals surface area contributed by atoms with Gasteiger partial charge in [0, 0.05) is 0 Å². The molecule has 1 aromatic carbocycles. The molecule has 1 rings (SSSR count). The fourth-order valence-corrected chi connectivity index (χ4v) is 1.46. The van der Waals surface area contributed by atoms with Crippen molar-refractivity contribution in [2.45, 2.75) is 12.2 Å². The molecule has 0 aliphatic rings. The van der Waals surface area contributed by atoms with Crippen molar-refractivity contribution in [1.29, 1.82) is 0 Å². The van der Waals surface area contributed by atoms with Crippen LogP contribution in [0.4, 0.5) is 17.6 Å². The molecule has 1 N–H and O–H groups in total. The van der Waals surface area contributed by atoms with Gasteiger partial charge in [-0.05, 0) is 40.7 Å². The van der Waals surface area contributed by atoms with E-state index in [9.17, 15) is 17.6 Å². The van der Waals surface area contributed by atoms with Gasteiger partial charge in [-0.1, -0.05) is 6.07 Å². The molecule has 0 bridgehead atoms. The van der Waals surface area contributed by atoms with Crippen molar-refractivity contribution in [3.05, 3.63) is 34.1 Å². The number of benzene rings is 1. The second kappa shape index (κ2) is 4.49. The van der Waals surface area contributed by atoms with Gasteiger partial charge in [-0.25, -0.2) is 4.39 Å². The molecule has 1 aromatic rings. The third kappa shape index (κ3) is 2.92. The number of rotatable bonds is 2. The van der Waals surface area contributed by atoms with E-state index in [0.29, 0.717) is 0 Å². The second-order valence-corrected chi connectivity index (χ2v) is 3.79. The Hall–Kier alpha value is -0.620. The third-order valence-electron chi connectivity index (χ3n) is 1.89. The number of hydrogen-bond donors (Lipinski definition) is 1. The highest BCUT2D eigenvalue weighted by Gasteiger charge is 2.39. The summed E-state index contributed by atoms with van der Waals surface area (Å²) in [5.74, 6) is -0.711. The molecule has 6 heteroatoms. The summed E-state index contributed by atoms with van der Waals surface area (Å²) in [4.78, 5) is 0. The molecule has 0 amide bonds. The van der Waals surface area contributed by atoms with Crippen LogP contribution in [0.25, 0.3) is 0 Å². The average molecular weight is 286 g/mol. The van der Waals surface area contributed by atoms with Crippen LogP contribution in [0.5, 0.6) is 0 Å². The largest absolute Gasteiger partial charge is 0.407 e. The first-order chi connectivity index (χ1) is 6.86. The summed E-state index contributed by atoms with van der Waals surface area (Å²) >= 11 is 2.87. The molecule has 0 saturated heterocycles. The van der Waals surface area contributed by atoms with Crippen LogP contribution in [0.2, 0.25) is 0 Å². The lowest BCUT2D eigenvalue weighted by molar-refractivity contribution is -0.156. The SMILES string of the molecule is CN[C@@H](c1ccc(Br)c(F)c1)C(F)(F)F. The quantitative estimate of drug-likeness (QED) is 0.821. The zero-order valence-electron chi connectivity index (χ0n) is 7.70. The first kappa shape index (κ1) is 12.4. The molecule has 0 saturated carbocycles. The molecule has 0 unspecified atom stereocenters. The zero-order chi connectivity index (χ0) is 11.6. The van der Waals surface area contributed by atoms with E-state index >= 15 is 0 Å². The van der Waals surface area contributed by atoms with Gasteiger partial charge in [0.2, 0.25) is 0 Å². The summed E-state index contributed by atoms with van der Waals surface area (Å²) in [6, 6.07) is 1.49. The highest BCUT2D eigenvalue weighted by atomic mass is 79.9. The monoisotopic (exact) mass is 285 g/mol. The van der Waals surface area contributed by atoms with Crippen LogP contribution in [-0.4, -0.2) is 13.2 Å². The van der Waals surface area contributed by atoms with E-state index < -0.39 is 18.0 Å². The van der Waals surface area contributed by atoms with Crippen LogP contribution in [0.15, 0.2) is 22.7 Å². The van der Waals surface area contributed by atoms with Crippen molar-refractivity contribution in [2.24, 2.45) is 0 Å². The topological polar surface area (TPSA) is 12.0 Å². The Morgan fingerprint density at radius 2 is 1.93 bits per heavy atom. The predicted molar refractivity (Wildman–Crippen MR) is 52.0 cm³/mol. The maximum absolute atomic E-state index is 13.0. The molecule has 0 spiro atoms. The highest BCUT2D eigenvalue weighted by molar-refractivity contribution is 9.10. The fraction of sp³-hybridized carbons (Fsp3) is 0.333. The van der Waals surface area contributed by atoms with E-state index in [2.05, 4.69) is 21.2 Å². The van der Waals surface area contributed by atoms with Crippen molar-refractivity contribution in [3.8, 4) is 0 Å². The van der Waals surface area contributed by atoms with Gasteiger partial charge in [0.05, 0.1) is 4.47 Å². The van der Waals surface area contributed by atoms with E-state index in [1.54, 1.807) is 0 Å². The van der Waals surface area contributed by atoms with Crippen LogP contribution in [0.1, 0.15) is 11.6 Å². The maximum atomic E-state index is 13.0.